The molecule has 0 N–H and O–H groups in total. The minimum absolute atomic E-state index is 0.220. The van der Waals surface area contributed by atoms with Crippen LogP contribution in [0.1, 0.15) is 29.3 Å². The minimum Gasteiger partial charge on any atom is -0.360 e. The molecule has 0 bridgehead atoms. The number of sulfonamides is 1. The van der Waals surface area contributed by atoms with Gasteiger partial charge in [-0.3, -0.25) is 4.90 Å². The molecule has 1 saturated heterocycles. The molecule has 1 aliphatic rings. The van der Waals surface area contributed by atoms with Crippen molar-refractivity contribution >= 4 is 21.4 Å². The van der Waals surface area contributed by atoms with Crippen molar-refractivity contribution in [2.24, 2.45) is 0 Å². The van der Waals surface area contributed by atoms with Crippen LogP contribution in [-0.4, -0.2) is 49.0 Å². The Labute approximate surface area is 140 Å². The highest BCUT2D eigenvalue weighted by atomic mass is 32.2. The van der Waals surface area contributed by atoms with E-state index in [1.54, 1.807) is 25.2 Å². The van der Waals surface area contributed by atoms with Crippen molar-refractivity contribution in [2.45, 2.75) is 31.7 Å². The second-order valence-corrected chi connectivity index (χ2v) is 8.64. The highest BCUT2D eigenvalue weighted by Crippen LogP contribution is 2.28. The molecule has 0 radical (unpaired) electrons. The van der Waals surface area contributed by atoms with Gasteiger partial charge in [0.2, 0.25) is 10.0 Å². The summed E-state index contributed by atoms with van der Waals surface area (Å²) in [6.07, 6.45) is 0. The van der Waals surface area contributed by atoms with E-state index in [4.69, 9.17) is 4.52 Å². The SMILES string of the molecule is Cc1noc(C)c1S(=O)(=O)N1CCN(C(C)c2cccs2)CC1. The first-order valence-electron chi connectivity index (χ1n) is 7.61. The van der Waals surface area contributed by atoms with E-state index in [1.165, 1.54) is 9.18 Å². The van der Waals surface area contributed by atoms with Crippen LogP contribution in [0.4, 0.5) is 0 Å². The average molecular weight is 355 g/mol. The van der Waals surface area contributed by atoms with Gasteiger partial charge < -0.3 is 4.52 Å². The van der Waals surface area contributed by atoms with Crippen LogP contribution in [0.5, 0.6) is 0 Å². The van der Waals surface area contributed by atoms with Gasteiger partial charge in [0.25, 0.3) is 0 Å². The highest BCUT2D eigenvalue weighted by molar-refractivity contribution is 7.89. The van der Waals surface area contributed by atoms with Gasteiger partial charge in [0.15, 0.2) is 5.76 Å². The number of hydrogen-bond donors (Lipinski definition) is 0. The van der Waals surface area contributed by atoms with Crippen molar-refractivity contribution in [1.29, 1.82) is 0 Å². The van der Waals surface area contributed by atoms with Crippen LogP contribution in [0.3, 0.4) is 0 Å². The quantitative estimate of drug-likeness (QED) is 0.843. The standard InChI is InChI=1S/C15H21N3O3S2/c1-11-15(13(3)21-16-11)23(19,20)18-8-6-17(7-9-18)12(2)14-5-4-10-22-14/h4-5,10,12H,6-9H2,1-3H3. The third kappa shape index (κ3) is 3.08. The zero-order chi connectivity index (χ0) is 16.6. The molecule has 2 aromatic rings. The van der Waals surface area contributed by atoms with E-state index in [0.29, 0.717) is 30.6 Å². The van der Waals surface area contributed by atoms with Gasteiger partial charge in [-0.2, -0.15) is 4.31 Å². The maximum absolute atomic E-state index is 12.8. The first-order valence-corrected chi connectivity index (χ1v) is 9.93. The molecule has 3 heterocycles. The third-order valence-electron chi connectivity index (χ3n) is 4.34. The fraction of sp³-hybridized carbons (Fsp3) is 0.533. The van der Waals surface area contributed by atoms with Crippen molar-refractivity contribution in [3.63, 3.8) is 0 Å². The normalized spacial score (nSPS) is 19.1. The lowest BCUT2D eigenvalue weighted by Gasteiger charge is -2.37. The van der Waals surface area contributed by atoms with E-state index < -0.39 is 10.0 Å². The number of rotatable bonds is 4. The smallest absolute Gasteiger partial charge is 0.248 e. The number of aryl methyl sites for hydroxylation is 2. The number of aromatic nitrogens is 1. The van der Waals surface area contributed by atoms with Gasteiger partial charge in [-0.05, 0) is 32.2 Å². The van der Waals surface area contributed by atoms with E-state index in [-0.39, 0.29) is 4.90 Å². The molecule has 8 heteroatoms. The number of piperazine rings is 1. The van der Waals surface area contributed by atoms with E-state index in [9.17, 15) is 8.42 Å². The van der Waals surface area contributed by atoms with Gasteiger partial charge in [-0.1, -0.05) is 11.2 Å². The van der Waals surface area contributed by atoms with Crippen LogP contribution in [0.15, 0.2) is 26.9 Å². The predicted molar refractivity (Wildman–Crippen MR) is 89.0 cm³/mol. The molecule has 6 nitrogen and oxygen atoms in total. The number of hydrogen-bond acceptors (Lipinski definition) is 6. The molecule has 1 fully saturated rings. The van der Waals surface area contributed by atoms with Gasteiger partial charge in [0.05, 0.1) is 0 Å². The molecular weight excluding hydrogens is 334 g/mol. The second kappa shape index (κ2) is 6.35. The van der Waals surface area contributed by atoms with Crippen LogP contribution in [0.2, 0.25) is 0 Å². The summed E-state index contributed by atoms with van der Waals surface area (Å²) in [4.78, 5) is 3.86. The van der Waals surface area contributed by atoms with Crippen LogP contribution < -0.4 is 0 Å². The Morgan fingerprint density at radius 3 is 2.48 bits per heavy atom. The Kier molecular flexibility index (Phi) is 4.59. The van der Waals surface area contributed by atoms with Crippen molar-refractivity contribution in [1.82, 2.24) is 14.4 Å². The molecule has 1 aliphatic heterocycles. The zero-order valence-electron chi connectivity index (χ0n) is 13.5. The van der Waals surface area contributed by atoms with Gasteiger partial charge in [0, 0.05) is 37.1 Å². The van der Waals surface area contributed by atoms with Crippen molar-refractivity contribution < 1.29 is 12.9 Å². The predicted octanol–water partition coefficient (Wildman–Crippen LogP) is 2.42. The molecule has 0 saturated carbocycles. The van der Waals surface area contributed by atoms with Crippen molar-refractivity contribution in [3.05, 3.63) is 33.8 Å². The van der Waals surface area contributed by atoms with Crippen molar-refractivity contribution in [3.8, 4) is 0 Å². The van der Waals surface area contributed by atoms with E-state index in [0.717, 1.165) is 13.1 Å². The molecule has 3 rings (SSSR count). The fourth-order valence-corrected chi connectivity index (χ4v) is 5.54. The number of thiophene rings is 1. The van der Waals surface area contributed by atoms with E-state index >= 15 is 0 Å². The monoisotopic (exact) mass is 355 g/mol. The van der Waals surface area contributed by atoms with Gasteiger partial charge >= 0.3 is 0 Å². The molecule has 0 aromatic carbocycles. The second-order valence-electron chi connectivity index (χ2n) is 5.78. The van der Waals surface area contributed by atoms with Crippen LogP contribution in [-0.2, 0) is 10.0 Å². The Bertz CT molecular complexity index is 740. The minimum atomic E-state index is -3.53. The molecule has 1 unspecified atom stereocenters. The van der Waals surface area contributed by atoms with Crippen LogP contribution >= 0.6 is 11.3 Å². The third-order valence-corrected chi connectivity index (χ3v) is 7.53. The highest BCUT2D eigenvalue weighted by Gasteiger charge is 2.34. The van der Waals surface area contributed by atoms with Crippen LogP contribution in [0, 0.1) is 13.8 Å². The molecule has 0 spiro atoms. The van der Waals surface area contributed by atoms with Gasteiger partial charge in [-0.15, -0.1) is 11.3 Å². The Hall–Kier alpha value is -1.22. The molecular formula is C15H21N3O3S2. The average Bonchev–Trinajstić information content (AvgIpc) is 3.17. The number of nitrogens with zero attached hydrogens (tertiary/aromatic N) is 3. The summed E-state index contributed by atoms with van der Waals surface area (Å²) in [6, 6.07) is 4.50. The Morgan fingerprint density at radius 1 is 1.26 bits per heavy atom. The maximum Gasteiger partial charge on any atom is 0.248 e. The van der Waals surface area contributed by atoms with Gasteiger partial charge in [-0.25, -0.2) is 8.42 Å². The molecule has 0 aliphatic carbocycles. The van der Waals surface area contributed by atoms with Crippen molar-refractivity contribution in [2.75, 3.05) is 26.2 Å². The topological polar surface area (TPSA) is 66.7 Å². The first-order chi connectivity index (χ1) is 10.9. The Balaban J connectivity index is 1.72. The largest absolute Gasteiger partial charge is 0.360 e. The lowest BCUT2D eigenvalue weighted by Crippen LogP contribution is -2.49. The lowest BCUT2D eigenvalue weighted by molar-refractivity contribution is 0.147. The summed E-state index contributed by atoms with van der Waals surface area (Å²) in [5.41, 5.74) is 0.428. The molecule has 2 aromatic heterocycles. The van der Waals surface area contributed by atoms with E-state index in [1.807, 2.05) is 0 Å². The summed E-state index contributed by atoms with van der Waals surface area (Å²) in [5.74, 6) is 0.358. The molecule has 23 heavy (non-hydrogen) atoms. The summed E-state index contributed by atoms with van der Waals surface area (Å²) < 4.78 is 32.2. The molecule has 126 valence electrons. The first kappa shape index (κ1) is 16.6. The summed E-state index contributed by atoms with van der Waals surface area (Å²) >= 11 is 1.74. The Morgan fingerprint density at radius 2 is 1.96 bits per heavy atom. The summed E-state index contributed by atoms with van der Waals surface area (Å²) in [6.45, 7) is 7.90. The lowest BCUT2D eigenvalue weighted by atomic mass is 10.2. The van der Waals surface area contributed by atoms with Gasteiger partial charge in [0.1, 0.15) is 10.6 Å². The zero-order valence-corrected chi connectivity index (χ0v) is 15.2. The fourth-order valence-electron chi connectivity index (χ4n) is 3.01. The summed E-state index contributed by atoms with van der Waals surface area (Å²) in [5, 5.41) is 5.84. The van der Waals surface area contributed by atoms with E-state index in [2.05, 4.69) is 34.5 Å². The molecule has 0 amide bonds. The molecule has 1 atom stereocenters. The maximum atomic E-state index is 12.8. The summed E-state index contributed by atoms with van der Waals surface area (Å²) in [7, 11) is -3.53. The van der Waals surface area contributed by atoms with Crippen LogP contribution in [0.25, 0.3) is 0 Å².